The number of carbonyl (C=O) groups is 1. The number of esters is 1. The minimum absolute atomic E-state index is 0.200. The molecule has 5 nitrogen and oxygen atoms in total. The van der Waals surface area contributed by atoms with Crippen molar-refractivity contribution in [2.45, 2.75) is 0 Å². The molecule has 1 aromatic rings. The molecule has 1 heterocycles. The zero-order valence-corrected chi connectivity index (χ0v) is 12.0. The molecule has 100 valence electrons. The molecular formula is C12H12ClN3O2S. The molecule has 0 spiro atoms. The van der Waals surface area contributed by atoms with Gasteiger partial charge in [0, 0.05) is 28.8 Å². The van der Waals surface area contributed by atoms with Crippen LogP contribution in [-0.2, 0) is 9.53 Å². The van der Waals surface area contributed by atoms with Crippen molar-refractivity contribution in [2.24, 2.45) is 0 Å². The van der Waals surface area contributed by atoms with Gasteiger partial charge < -0.3 is 9.64 Å². The van der Waals surface area contributed by atoms with E-state index in [0.717, 1.165) is 5.02 Å². The predicted octanol–water partition coefficient (Wildman–Crippen LogP) is 2.09. The van der Waals surface area contributed by atoms with Gasteiger partial charge in [0.1, 0.15) is 12.9 Å². The molecule has 0 N–H and O–H groups in total. The molecule has 0 bridgehead atoms. The van der Waals surface area contributed by atoms with Crippen molar-refractivity contribution in [3.05, 3.63) is 40.0 Å². The lowest BCUT2D eigenvalue weighted by molar-refractivity contribution is -0.138. The summed E-state index contributed by atoms with van der Waals surface area (Å²) in [7, 11) is 3.12. The van der Waals surface area contributed by atoms with Gasteiger partial charge in [-0.2, -0.15) is 4.37 Å². The Hall–Kier alpha value is -1.66. The summed E-state index contributed by atoms with van der Waals surface area (Å²) in [5.41, 5.74) is 0. The molecule has 0 atom stereocenters. The van der Waals surface area contributed by atoms with E-state index in [-0.39, 0.29) is 12.5 Å². The summed E-state index contributed by atoms with van der Waals surface area (Å²) < 4.78 is 8.31. The largest absolute Gasteiger partial charge is 0.468 e. The molecule has 0 unspecified atom stereocenters. The Balaban J connectivity index is 0.000000159. The highest BCUT2D eigenvalue weighted by Gasteiger charge is 2.08. The van der Waals surface area contributed by atoms with Crippen LogP contribution >= 0.6 is 23.1 Å². The van der Waals surface area contributed by atoms with Crippen molar-refractivity contribution in [1.29, 1.82) is 0 Å². The Morgan fingerprint density at radius 3 is 2.63 bits per heavy atom. The fraction of sp³-hybridized carbons (Fsp3) is 0.250. The maximum absolute atomic E-state index is 10.8. The molecule has 0 aromatic carbocycles. The molecule has 2 aliphatic carbocycles. The molecule has 0 fully saturated rings. The third-order valence-corrected chi connectivity index (χ3v) is 3.64. The van der Waals surface area contributed by atoms with E-state index in [0.29, 0.717) is 5.13 Å². The number of anilines is 1. The number of aromatic nitrogens is 2. The van der Waals surface area contributed by atoms with Crippen LogP contribution in [0.3, 0.4) is 0 Å². The molecule has 0 saturated carbocycles. The average Bonchev–Trinajstić information content (AvgIpc) is 2.90. The molecule has 19 heavy (non-hydrogen) atoms. The Morgan fingerprint density at radius 2 is 2.32 bits per heavy atom. The summed E-state index contributed by atoms with van der Waals surface area (Å²) in [5.74, 6) is -0.285. The van der Waals surface area contributed by atoms with Crippen LogP contribution in [0.2, 0.25) is 5.02 Å². The zero-order valence-electron chi connectivity index (χ0n) is 10.5. The molecule has 3 rings (SSSR count). The van der Waals surface area contributed by atoms with Crippen molar-refractivity contribution in [3.63, 3.8) is 0 Å². The lowest BCUT2D eigenvalue weighted by atomic mass is 10.1. The zero-order chi connectivity index (χ0) is 13.8. The molecule has 2 aliphatic rings. The van der Waals surface area contributed by atoms with Gasteiger partial charge in [-0.05, 0) is 11.3 Å². The SMILES string of the molecule is COC(=O)CN(C)c1ncns1.Clc1cc2ccc1=2. The summed E-state index contributed by atoms with van der Waals surface area (Å²) in [4.78, 5) is 16.4. The fourth-order valence-electron chi connectivity index (χ4n) is 1.40. The van der Waals surface area contributed by atoms with Crippen LogP contribution in [0.5, 0.6) is 0 Å². The van der Waals surface area contributed by atoms with Crippen molar-refractivity contribution >= 4 is 34.2 Å². The first kappa shape index (κ1) is 13.8. The monoisotopic (exact) mass is 297 g/mol. The maximum Gasteiger partial charge on any atom is 0.325 e. The molecule has 7 heteroatoms. The van der Waals surface area contributed by atoms with Crippen LogP contribution in [-0.4, -0.2) is 36.0 Å². The highest BCUT2D eigenvalue weighted by Crippen LogP contribution is 2.20. The fourth-order valence-corrected chi connectivity index (χ4v) is 2.18. The van der Waals surface area contributed by atoms with Gasteiger partial charge in [0.2, 0.25) is 5.13 Å². The molecule has 0 aliphatic heterocycles. The number of ether oxygens (including phenoxy) is 1. The first-order chi connectivity index (χ1) is 9.11. The highest BCUT2D eigenvalue weighted by atomic mass is 35.5. The number of nitrogens with zero attached hydrogens (tertiary/aromatic N) is 3. The number of likely N-dealkylation sites (N-methyl/N-ethyl adjacent to an activating group) is 1. The second-order valence-corrected chi connectivity index (χ2v) is 5.02. The number of hydrogen-bond donors (Lipinski definition) is 0. The van der Waals surface area contributed by atoms with E-state index in [9.17, 15) is 4.79 Å². The Labute approximate surface area is 119 Å². The lowest BCUT2D eigenvalue weighted by Crippen LogP contribution is -2.26. The highest BCUT2D eigenvalue weighted by molar-refractivity contribution is 7.09. The summed E-state index contributed by atoms with van der Waals surface area (Å²) in [5, 5.41) is 4.17. The van der Waals surface area contributed by atoms with Gasteiger partial charge in [-0.3, -0.25) is 4.79 Å². The topological polar surface area (TPSA) is 55.3 Å². The Morgan fingerprint density at radius 1 is 1.53 bits per heavy atom. The number of rotatable bonds is 3. The van der Waals surface area contributed by atoms with E-state index in [4.69, 9.17) is 11.6 Å². The number of carbonyl (C=O) groups excluding carboxylic acids is 1. The third kappa shape index (κ3) is 3.21. The summed E-state index contributed by atoms with van der Waals surface area (Å²) in [6.45, 7) is 0.200. The third-order valence-electron chi connectivity index (χ3n) is 2.55. The average molecular weight is 298 g/mol. The van der Waals surface area contributed by atoms with E-state index in [1.165, 1.54) is 35.4 Å². The maximum atomic E-state index is 10.8. The van der Waals surface area contributed by atoms with Crippen LogP contribution in [0.1, 0.15) is 0 Å². The first-order valence-corrected chi connectivity index (χ1v) is 6.61. The van der Waals surface area contributed by atoms with Crippen LogP contribution < -0.4 is 4.90 Å². The number of benzene rings is 1. The van der Waals surface area contributed by atoms with E-state index in [2.05, 4.69) is 20.2 Å². The van der Waals surface area contributed by atoms with Gasteiger partial charge in [-0.15, -0.1) is 0 Å². The second kappa shape index (κ2) is 5.99. The molecule has 0 amide bonds. The van der Waals surface area contributed by atoms with Gasteiger partial charge in [0.15, 0.2) is 0 Å². The quantitative estimate of drug-likeness (QED) is 0.693. The number of hydrogen-bond acceptors (Lipinski definition) is 6. The minimum atomic E-state index is -0.285. The Bertz CT molecular complexity index is 660. The van der Waals surface area contributed by atoms with Crippen molar-refractivity contribution in [1.82, 2.24) is 9.36 Å². The first-order valence-electron chi connectivity index (χ1n) is 5.46. The van der Waals surface area contributed by atoms with Crippen LogP contribution in [0.25, 0.3) is 0 Å². The molecule has 0 saturated heterocycles. The van der Waals surface area contributed by atoms with Gasteiger partial charge >= 0.3 is 5.97 Å². The van der Waals surface area contributed by atoms with Gasteiger partial charge in [0.25, 0.3) is 0 Å². The van der Waals surface area contributed by atoms with Gasteiger partial charge in [0.05, 0.1) is 7.11 Å². The number of methoxy groups -OCH3 is 1. The van der Waals surface area contributed by atoms with E-state index in [1.54, 1.807) is 11.9 Å². The van der Waals surface area contributed by atoms with Gasteiger partial charge in [-0.25, -0.2) is 4.98 Å². The lowest BCUT2D eigenvalue weighted by Gasteiger charge is -2.12. The molecule has 1 aromatic heterocycles. The predicted molar refractivity (Wildman–Crippen MR) is 74.3 cm³/mol. The number of halogens is 1. The summed E-state index contributed by atoms with van der Waals surface area (Å²) >= 11 is 6.84. The van der Waals surface area contributed by atoms with Crippen LogP contribution in [0, 0.1) is 10.4 Å². The van der Waals surface area contributed by atoms with E-state index < -0.39 is 0 Å². The summed E-state index contributed by atoms with van der Waals surface area (Å²) in [6, 6.07) is 6.05. The summed E-state index contributed by atoms with van der Waals surface area (Å²) in [6.07, 6.45) is 1.45. The van der Waals surface area contributed by atoms with Crippen molar-refractivity contribution < 1.29 is 9.53 Å². The molecular weight excluding hydrogens is 286 g/mol. The Kier molecular flexibility index (Phi) is 4.34. The normalized spacial score (nSPS) is 10.3. The van der Waals surface area contributed by atoms with Crippen molar-refractivity contribution in [3.8, 4) is 0 Å². The van der Waals surface area contributed by atoms with Crippen LogP contribution in [0.4, 0.5) is 5.13 Å². The van der Waals surface area contributed by atoms with Gasteiger partial charge in [-0.1, -0.05) is 23.7 Å². The van der Waals surface area contributed by atoms with E-state index >= 15 is 0 Å². The van der Waals surface area contributed by atoms with Crippen molar-refractivity contribution in [2.75, 3.05) is 25.6 Å². The second-order valence-electron chi connectivity index (χ2n) is 3.85. The smallest absolute Gasteiger partial charge is 0.325 e. The standard InChI is InChI=1S/C6H3Cl.C6H9N3O2S/c7-6-3-4-1-2-5(4)6;1-9(3-5(10)11-2)6-7-4-8-12-6/h1-3H;4H,3H2,1-2H3. The minimum Gasteiger partial charge on any atom is -0.468 e. The van der Waals surface area contributed by atoms with Crippen LogP contribution in [0.15, 0.2) is 24.5 Å². The molecule has 0 radical (unpaired) electrons. The van der Waals surface area contributed by atoms with E-state index in [1.807, 2.05) is 12.1 Å².